The van der Waals surface area contributed by atoms with E-state index in [-0.39, 0.29) is 12.1 Å². The normalized spacial score (nSPS) is 19.4. The van der Waals surface area contributed by atoms with E-state index < -0.39 is 0 Å². The Kier molecular flexibility index (Phi) is 8.22. The molecule has 0 bridgehead atoms. The Morgan fingerprint density at radius 3 is 2.64 bits per heavy atom. The van der Waals surface area contributed by atoms with Crippen molar-refractivity contribution in [2.45, 2.75) is 71.2 Å². The van der Waals surface area contributed by atoms with Gasteiger partial charge in [0.1, 0.15) is 0 Å². The Hall–Kier alpha value is -1.59. The van der Waals surface area contributed by atoms with Gasteiger partial charge in [0.15, 0.2) is 0 Å². The van der Waals surface area contributed by atoms with Crippen LogP contribution in [0.3, 0.4) is 0 Å². The van der Waals surface area contributed by atoms with Gasteiger partial charge in [-0.25, -0.2) is 4.79 Å². The molecule has 1 aromatic rings. The number of carbonyl (C=O) groups excluding carboxylic acids is 1. The number of aliphatic hydroxyl groups is 1. The SMILES string of the molecule is CCC(O)CCNC(=O)NCc1ccc(CN2CCCCC2C)cc1. The molecule has 25 heavy (non-hydrogen) atoms. The summed E-state index contributed by atoms with van der Waals surface area (Å²) in [5, 5.41) is 15.1. The van der Waals surface area contributed by atoms with Crippen molar-refractivity contribution in [2.24, 2.45) is 0 Å². The molecule has 1 aliphatic heterocycles. The minimum Gasteiger partial charge on any atom is -0.393 e. The molecular formula is C20H33N3O2. The van der Waals surface area contributed by atoms with Crippen molar-refractivity contribution in [3.63, 3.8) is 0 Å². The number of hydrogen-bond donors (Lipinski definition) is 3. The number of nitrogens with zero attached hydrogens (tertiary/aromatic N) is 1. The molecule has 0 spiro atoms. The summed E-state index contributed by atoms with van der Waals surface area (Å²) in [6.07, 6.45) is 4.92. The number of carbonyl (C=O) groups is 1. The van der Waals surface area contributed by atoms with Gasteiger partial charge in [0.25, 0.3) is 0 Å². The predicted octanol–water partition coefficient (Wildman–Crippen LogP) is 3.02. The van der Waals surface area contributed by atoms with Crippen molar-refractivity contribution in [3.05, 3.63) is 35.4 Å². The average Bonchev–Trinajstić information content (AvgIpc) is 2.63. The standard InChI is InChI=1S/C20H33N3O2/c1-3-19(24)11-12-21-20(25)22-14-17-7-9-18(10-8-17)15-23-13-5-4-6-16(23)2/h7-10,16,19,24H,3-6,11-15H2,1-2H3,(H2,21,22,25). The third-order valence-electron chi connectivity index (χ3n) is 5.04. The monoisotopic (exact) mass is 347 g/mol. The first-order valence-corrected chi connectivity index (χ1v) is 9.60. The van der Waals surface area contributed by atoms with E-state index in [0.29, 0.717) is 32.0 Å². The number of urea groups is 1. The maximum atomic E-state index is 11.7. The van der Waals surface area contributed by atoms with Gasteiger partial charge in [-0.2, -0.15) is 0 Å². The summed E-state index contributed by atoms with van der Waals surface area (Å²) in [6, 6.07) is 8.98. The maximum absolute atomic E-state index is 11.7. The largest absolute Gasteiger partial charge is 0.393 e. The number of likely N-dealkylation sites (tertiary alicyclic amines) is 1. The van der Waals surface area contributed by atoms with E-state index in [4.69, 9.17) is 0 Å². The molecule has 5 nitrogen and oxygen atoms in total. The van der Waals surface area contributed by atoms with Gasteiger partial charge >= 0.3 is 6.03 Å². The maximum Gasteiger partial charge on any atom is 0.315 e. The lowest BCUT2D eigenvalue weighted by Crippen LogP contribution is -2.37. The van der Waals surface area contributed by atoms with Crippen LogP contribution in [0, 0.1) is 0 Å². The van der Waals surface area contributed by atoms with E-state index in [1.807, 2.05) is 6.92 Å². The molecule has 0 saturated carbocycles. The van der Waals surface area contributed by atoms with Gasteiger partial charge in [0, 0.05) is 25.7 Å². The van der Waals surface area contributed by atoms with Crippen LogP contribution in [-0.4, -0.2) is 41.3 Å². The molecule has 0 aromatic heterocycles. The zero-order valence-electron chi connectivity index (χ0n) is 15.6. The highest BCUT2D eigenvalue weighted by Crippen LogP contribution is 2.19. The smallest absolute Gasteiger partial charge is 0.315 e. The van der Waals surface area contributed by atoms with Crippen LogP contribution in [0.2, 0.25) is 0 Å². The van der Waals surface area contributed by atoms with E-state index in [1.54, 1.807) is 0 Å². The highest BCUT2D eigenvalue weighted by atomic mass is 16.3. The number of hydrogen-bond acceptors (Lipinski definition) is 3. The van der Waals surface area contributed by atoms with E-state index in [9.17, 15) is 9.90 Å². The third kappa shape index (κ3) is 7.04. The Labute approximate surface area is 151 Å². The van der Waals surface area contributed by atoms with E-state index in [1.165, 1.54) is 31.4 Å². The van der Waals surface area contributed by atoms with Crippen molar-refractivity contribution in [3.8, 4) is 0 Å². The van der Waals surface area contributed by atoms with E-state index in [2.05, 4.69) is 46.7 Å². The topological polar surface area (TPSA) is 64.6 Å². The van der Waals surface area contributed by atoms with Crippen LogP contribution in [0.25, 0.3) is 0 Å². The molecule has 1 heterocycles. The van der Waals surface area contributed by atoms with Crippen LogP contribution in [0.15, 0.2) is 24.3 Å². The molecule has 5 heteroatoms. The molecule has 1 aromatic carbocycles. The molecule has 140 valence electrons. The van der Waals surface area contributed by atoms with Crippen molar-refractivity contribution < 1.29 is 9.90 Å². The van der Waals surface area contributed by atoms with Crippen LogP contribution >= 0.6 is 0 Å². The molecule has 2 rings (SSSR count). The Morgan fingerprint density at radius 1 is 1.24 bits per heavy atom. The number of rotatable bonds is 8. The quantitative estimate of drug-likeness (QED) is 0.677. The lowest BCUT2D eigenvalue weighted by molar-refractivity contribution is 0.152. The summed E-state index contributed by atoms with van der Waals surface area (Å²) < 4.78 is 0. The lowest BCUT2D eigenvalue weighted by atomic mass is 10.0. The number of benzene rings is 1. The molecule has 1 aliphatic rings. The van der Waals surface area contributed by atoms with Crippen molar-refractivity contribution >= 4 is 6.03 Å². The summed E-state index contributed by atoms with van der Waals surface area (Å²) in [6.45, 7) is 7.46. The molecule has 2 atom stereocenters. The summed E-state index contributed by atoms with van der Waals surface area (Å²) >= 11 is 0. The zero-order valence-corrected chi connectivity index (χ0v) is 15.6. The first-order valence-electron chi connectivity index (χ1n) is 9.60. The minimum absolute atomic E-state index is 0.186. The number of amides is 2. The summed E-state index contributed by atoms with van der Waals surface area (Å²) in [5.74, 6) is 0. The van der Waals surface area contributed by atoms with Crippen LogP contribution in [0.5, 0.6) is 0 Å². The highest BCUT2D eigenvalue weighted by molar-refractivity contribution is 5.73. The van der Waals surface area contributed by atoms with E-state index >= 15 is 0 Å². The number of aliphatic hydroxyl groups excluding tert-OH is 1. The van der Waals surface area contributed by atoms with Gasteiger partial charge in [-0.15, -0.1) is 0 Å². The van der Waals surface area contributed by atoms with Gasteiger partial charge in [-0.05, 0) is 50.3 Å². The van der Waals surface area contributed by atoms with Gasteiger partial charge in [0.05, 0.1) is 6.10 Å². The fourth-order valence-electron chi connectivity index (χ4n) is 3.19. The fourth-order valence-corrected chi connectivity index (χ4v) is 3.19. The second-order valence-corrected chi connectivity index (χ2v) is 7.09. The second-order valence-electron chi connectivity index (χ2n) is 7.09. The number of piperidine rings is 1. The summed E-state index contributed by atoms with van der Waals surface area (Å²) in [5.41, 5.74) is 2.43. The van der Waals surface area contributed by atoms with Crippen molar-refractivity contribution in [1.29, 1.82) is 0 Å². The minimum atomic E-state index is -0.338. The molecule has 0 radical (unpaired) electrons. The van der Waals surface area contributed by atoms with Gasteiger partial charge in [0.2, 0.25) is 0 Å². The fraction of sp³-hybridized carbons (Fsp3) is 0.650. The third-order valence-corrected chi connectivity index (χ3v) is 5.04. The first kappa shape index (κ1) is 19.7. The Balaban J connectivity index is 1.70. The molecule has 3 N–H and O–H groups in total. The second kappa shape index (κ2) is 10.4. The molecular weight excluding hydrogens is 314 g/mol. The van der Waals surface area contributed by atoms with Crippen LogP contribution in [0.1, 0.15) is 57.1 Å². The molecule has 0 aliphatic carbocycles. The Morgan fingerprint density at radius 2 is 1.96 bits per heavy atom. The van der Waals surface area contributed by atoms with Gasteiger partial charge in [-0.1, -0.05) is 37.6 Å². The summed E-state index contributed by atoms with van der Waals surface area (Å²) in [4.78, 5) is 14.3. The van der Waals surface area contributed by atoms with Crippen molar-refractivity contribution in [2.75, 3.05) is 13.1 Å². The zero-order chi connectivity index (χ0) is 18.1. The average molecular weight is 348 g/mol. The van der Waals surface area contributed by atoms with Gasteiger partial charge < -0.3 is 15.7 Å². The van der Waals surface area contributed by atoms with Gasteiger partial charge in [-0.3, -0.25) is 4.90 Å². The van der Waals surface area contributed by atoms with Crippen LogP contribution in [0.4, 0.5) is 4.79 Å². The summed E-state index contributed by atoms with van der Waals surface area (Å²) in [7, 11) is 0. The van der Waals surface area contributed by atoms with E-state index in [0.717, 1.165) is 12.1 Å². The lowest BCUT2D eigenvalue weighted by Gasteiger charge is -2.33. The highest BCUT2D eigenvalue weighted by Gasteiger charge is 2.17. The molecule has 2 amide bonds. The van der Waals surface area contributed by atoms with Crippen LogP contribution < -0.4 is 10.6 Å². The molecule has 2 unspecified atom stereocenters. The van der Waals surface area contributed by atoms with Crippen LogP contribution in [-0.2, 0) is 13.1 Å². The Bertz CT molecular complexity index is 518. The molecule has 1 fully saturated rings. The molecule has 1 saturated heterocycles. The van der Waals surface area contributed by atoms with Crippen molar-refractivity contribution in [1.82, 2.24) is 15.5 Å². The predicted molar refractivity (Wildman–Crippen MR) is 101 cm³/mol. The number of nitrogens with one attached hydrogen (secondary N) is 2. The first-order chi connectivity index (χ1) is 12.1.